The zero-order valence-corrected chi connectivity index (χ0v) is 19.2. The Bertz CT molecular complexity index is 889. The third-order valence-corrected chi connectivity index (χ3v) is 5.64. The lowest BCUT2D eigenvalue weighted by molar-refractivity contribution is -0.254. The van der Waals surface area contributed by atoms with E-state index in [1.807, 2.05) is 24.3 Å². The van der Waals surface area contributed by atoms with E-state index in [-0.39, 0.29) is 5.97 Å². The maximum atomic E-state index is 11.3. The molecule has 5 atom stereocenters. The van der Waals surface area contributed by atoms with Gasteiger partial charge >= 0.3 is 5.97 Å². The van der Waals surface area contributed by atoms with E-state index in [0.717, 1.165) is 37.0 Å². The standard InChI is InChI=1S/C23H33N3O8/c1-2-32-19(28)7-5-3-4-6-12-33-16-10-8-15(9-11-16)17-13-26(25-24-17)23-22(31)21(30)20(29)18(14-27)34-23/h8-11,13,18,20-23,27,29-31H,2-7,12,14H2,1H3/t18-,20-,21+,22+,23+/m1/s1. The van der Waals surface area contributed by atoms with Crippen molar-refractivity contribution in [1.29, 1.82) is 0 Å². The second kappa shape index (κ2) is 12.8. The molecule has 11 nitrogen and oxygen atoms in total. The predicted molar refractivity (Wildman–Crippen MR) is 120 cm³/mol. The van der Waals surface area contributed by atoms with Gasteiger partial charge in [-0.05, 0) is 44.0 Å². The van der Waals surface area contributed by atoms with E-state index >= 15 is 0 Å². The highest BCUT2D eigenvalue weighted by molar-refractivity contribution is 5.69. The first-order valence-electron chi connectivity index (χ1n) is 11.6. The van der Waals surface area contributed by atoms with Crippen LogP contribution in [0.1, 0.15) is 45.3 Å². The number of aliphatic hydroxyl groups is 4. The highest BCUT2D eigenvalue weighted by Gasteiger charge is 2.44. The lowest BCUT2D eigenvalue weighted by Crippen LogP contribution is -2.56. The molecule has 2 aromatic rings. The van der Waals surface area contributed by atoms with E-state index in [2.05, 4.69) is 10.3 Å². The molecule has 188 valence electrons. The number of benzene rings is 1. The van der Waals surface area contributed by atoms with Gasteiger partial charge in [0.05, 0.1) is 26.0 Å². The molecule has 0 aliphatic carbocycles. The Morgan fingerprint density at radius 2 is 1.79 bits per heavy atom. The van der Waals surface area contributed by atoms with Gasteiger partial charge in [0.15, 0.2) is 6.23 Å². The Kier molecular flexibility index (Phi) is 9.78. The Hall–Kier alpha value is -2.57. The fourth-order valence-corrected chi connectivity index (χ4v) is 3.70. The maximum Gasteiger partial charge on any atom is 0.305 e. The first kappa shape index (κ1) is 26.0. The van der Waals surface area contributed by atoms with Gasteiger partial charge in [-0.1, -0.05) is 18.1 Å². The van der Waals surface area contributed by atoms with Crippen molar-refractivity contribution in [2.24, 2.45) is 0 Å². The molecule has 3 rings (SSSR count). The molecule has 1 saturated heterocycles. The Balaban J connectivity index is 1.46. The van der Waals surface area contributed by atoms with Gasteiger partial charge in [-0.2, -0.15) is 0 Å². The summed E-state index contributed by atoms with van der Waals surface area (Å²) in [7, 11) is 0. The smallest absolute Gasteiger partial charge is 0.305 e. The molecule has 0 bridgehead atoms. The van der Waals surface area contributed by atoms with Gasteiger partial charge in [0.2, 0.25) is 0 Å². The maximum absolute atomic E-state index is 11.3. The van der Waals surface area contributed by atoms with Gasteiger partial charge in [-0.25, -0.2) is 4.68 Å². The molecular weight excluding hydrogens is 446 g/mol. The summed E-state index contributed by atoms with van der Waals surface area (Å²) >= 11 is 0. The third kappa shape index (κ3) is 6.73. The van der Waals surface area contributed by atoms with Gasteiger partial charge < -0.3 is 34.6 Å². The van der Waals surface area contributed by atoms with Crippen LogP contribution in [-0.2, 0) is 14.3 Å². The molecule has 34 heavy (non-hydrogen) atoms. The van der Waals surface area contributed by atoms with Crippen molar-refractivity contribution in [2.45, 2.75) is 69.7 Å². The van der Waals surface area contributed by atoms with Crippen LogP contribution in [0.15, 0.2) is 30.5 Å². The molecule has 0 saturated carbocycles. The Morgan fingerprint density at radius 3 is 2.50 bits per heavy atom. The minimum atomic E-state index is -1.49. The molecule has 0 amide bonds. The first-order chi connectivity index (χ1) is 16.4. The number of hydrogen-bond acceptors (Lipinski definition) is 10. The van der Waals surface area contributed by atoms with Gasteiger partial charge in [-0.15, -0.1) is 5.10 Å². The van der Waals surface area contributed by atoms with Crippen LogP contribution in [0.4, 0.5) is 0 Å². The number of carbonyl (C=O) groups is 1. The summed E-state index contributed by atoms with van der Waals surface area (Å²) in [5.74, 6) is 0.573. The van der Waals surface area contributed by atoms with E-state index in [1.54, 1.807) is 13.1 Å². The van der Waals surface area contributed by atoms with Crippen molar-refractivity contribution < 1.29 is 39.4 Å². The van der Waals surface area contributed by atoms with Gasteiger partial charge in [0.25, 0.3) is 0 Å². The Labute approximate surface area is 197 Å². The van der Waals surface area contributed by atoms with Crippen molar-refractivity contribution in [3.05, 3.63) is 30.5 Å². The molecule has 2 heterocycles. The van der Waals surface area contributed by atoms with Crippen LogP contribution in [0.2, 0.25) is 0 Å². The second-order valence-electron chi connectivity index (χ2n) is 8.15. The molecule has 1 aromatic heterocycles. The average molecular weight is 480 g/mol. The quantitative estimate of drug-likeness (QED) is 0.254. The summed E-state index contributed by atoms with van der Waals surface area (Å²) in [6, 6.07) is 7.30. The molecule has 0 spiro atoms. The topological polar surface area (TPSA) is 156 Å². The van der Waals surface area contributed by atoms with Crippen LogP contribution in [0.3, 0.4) is 0 Å². The van der Waals surface area contributed by atoms with Crippen LogP contribution in [0.25, 0.3) is 11.3 Å². The molecular formula is C23H33N3O8. The highest BCUT2D eigenvalue weighted by Crippen LogP contribution is 2.29. The zero-order chi connectivity index (χ0) is 24.5. The summed E-state index contributed by atoms with van der Waals surface area (Å²) in [6.45, 7) is 2.28. The number of esters is 1. The largest absolute Gasteiger partial charge is 0.494 e. The second-order valence-corrected chi connectivity index (χ2v) is 8.15. The summed E-state index contributed by atoms with van der Waals surface area (Å²) in [6.07, 6.45) is -0.848. The first-order valence-corrected chi connectivity index (χ1v) is 11.6. The van der Waals surface area contributed by atoms with E-state index in [1.165, 1.54) is 4.68 Å². The van der Waals surface area contributed by atoms with Crippen LogP contribution in [0, 0.1) is 0 Å². The predicted octanol–water partition coefficient (Wildman–Crippen LogP) is 0.810. The molecule has 1 aliphatic heterocycles. The van der Waals surface area contributed by atoms with E-state index in [9.17, 15) is 25.2 Å². The summed E-state index contributed by atoms with van der Waals surface area (Å²) in [5.41, 5.74) is 1.28. The number of hydrogen-bond donors (Lipinski definition) is 4. The number of nitrogens with zero attached hydrogens (tertiary/aromatic N) is 3. The Morgan fingerprint density at radius 1 is 1.06 bits per heavy atom. The van der Waals surface area contributed by atoms with E-state index in [0.29, 0.717) is 25.3 Å². The summed E-state index contributed by atoms with van der Waals surface area (Å²) in [4.78, 5) is 11.3. The van der Waals surface area contributed by atoms with Gasteiger partial charge in [0.1, 0.15) is 35.9 Å². The van der Waals surface area contributed by atoms with Gasteiger partial charge in [-0.3, -0.25) is 4.79 Å². The molecule has 11 heteroatoms. The fraction of sp³-hybridized carbons (Fsp3) is 0.609. The molecule has 1 aliphatic rings. The van der Waals surface area contributed by atoms with Crippen LogP contribution in [0.5, 0.6) is 5.75 Å². The zero-order valence-electron chi connectivity index (χ0n) is 19.2. The van der Waals surface area contributed by atoms with E-state index < -0.39 is 37.3 Å². The van der Waals surface area contributed by atoms with Crippen LogP contribution < -0.4 is 4.74 Å². The van der Waals surface area contributed by atoms with E-state index in [4.69, 9.17) is 14.2 Å². The third-order valence-electron chi connectivity index (χ3n) is 5.64. The van der Waals surface area contributed by atoms with Crippen molar-refractivity contribution >= 4 is 5.97 Å². The van der Waals surface area contributed by atoms with Crippen molar-refractivity contribution in [1.82, 2.24) is 15.0 Å². The van der Waals surface area contributed by atoms with Crippen molar-refractivity contribution in [3.63, 3.8) is 0 Å². The minimum absolute atomic E-state index is 0.146. The minimum Gasteiger partial charge on any atom is -0.494 e. The summed E-state index contributed by atoms with van der Waals surface area (Å²) < 4.78 is 17.4. The monoisotopic (exact) mass is 479 g/mol. The number of carbonyl (C=O) groups excluding carboxylic acids is 1. The molecule has 0 radical (unpaired) electrons. The number of aliphatic hydroxyl groups excluding tert-OH is 4. The van der Waals surface area contributed by atoms with Crippen molar-refractivity contribution in [2.75, 3.05) is 19.8 Å². The SMILES string of the molecule is CCOC(=O)CCCCCCOc1ccc(-c2cn([C@H]3O[C@H](CO)[C@@H](O)[C@H](O)[C@@H]3O)nn2)cc1. The number of unbranched alkanes of at least 4 members (excludes halogenated alkanes) is 3. The normalized spacial score (nSPS) is 24.7. The van der Waals surface area contributed by atoms with Crippen LogP contribution >= 0.6 is 0 Å². The summed E-state index contributed by atoms with van der Waals surface area (Å²) in [5, 5.41) is 47.5. The number of ether oxygens (including phenoxy) is 3. The number of aromatic nitrogens is 3. The fourth-order valence-electron chi connectivity index (χ4n) is 3.70. The number of rotatable bonds is 12. The van der Waals surface area contributed by atoms with Crippen molar-refractivity contribution in [3.8, 4) is 17.0 Å². The van der Waals surface area contributed by atoms with Gasteiger partial charge in [0, 0.05) is 12.0 Å². The molecule has 1 aromatic carbocycles. The highest BCUT2D eigenvalue weighted by atomic mass is 16.6. The molecule has 0 unspecified atom stereocenters. The lowest BCUT2D eigenvalue weighted by Gasteiger charge is -2.39. The van der Waals surface area contributed by atoms with Crippen LogP contribution in [-0.4, -0.2) is 85.6 Å². The molecule has 1 fully saturated rings. The average Bonchev–Trinajstić information content (AvgIpc) is 3.33. The lowest BCUT2D eigenvalue weighted by atomic mass is 9.98. The molecule has 4 N–H and O–H groups in total.